The molecule has 0 fully saturated rings. The Labute approximate surface area is 157 Å². The summed E-state index contributed by atoms with van der Waals surface area (Å²) in [5, 5.41) is 18.8. The van der Waals surface area contributed by atoms with Crippen LogP contribution in [0.25, 0.3) is 0 Å². The van der Waals surface area contributed by atoms with Gasteiger partial charge in [-0.25, -0.2) is 4.40 Å². The minimum Gasteiger partial charge on any atom is -0.381 e. The smallest absolute Gasteiger partial charge is 0.251 e. The lowest BCUT2D eigenvalue weighted by atomic mass is 9.87. The fourth-order valence-corrected chi connectivity index (χ4v) is 2.51. The molecule has 0 rings (SSSR count). The van der Waals surface area contributed by atoms with Gasteiger partial charge in [0.25, 0.3) is 5.91 Å². The third-order valence-electron chi connectivity index (χ3n) is 3.58. The number of likely N-dealkylation sites (N-methyl/N-ethyl adjacent to an activating group) is 1. The van der Waals surface area contributed by atoms with Crippen LogP contribution in [0.5, 0.6) is 0 Å². The lowest BCUT2D eigenvalue weighted by molar-refractivity contribution is -0.133. The maximum Gasteiger partial charge on any atom is 0.251 e. The minimum atomic E-state index is -1.33. The number of amides is 2. The second-order valence-electron chi connectivity index (χ2n) is 7.70. The Bertz CT molecular complexity index is 450. The number of thiol groups is 1. The van der Waals surface area contributed by atoms with Crippen molar-refractivity contribution in [2.75, 3.05) is 7.05 Å². The molecule has 0 radical (unpaired) electrons. The molecular formula is C17H34N4O3S. The Hall–Kier alpha value is -1.12. The van der Waals surface area contributed by atoms with Gasteiger partial charge in [0.1, 0.15) is 0 Å². The number of aliphatic hydroxyl groups excluding tert-OH is 1. The molecule has 0 spiro atoms. The third kappa shape index (κ3) is 10.5. The summed E-state index contributed by atoms with van der Waals surface area (Å²) < 4.78 is 3.60. The average molecular weight is 375 g/mol. The summed E-state index contributed by atoms with van der Waals surface area (Å²) in [5.74, 6) is -0.735. The van der Waals surface area contributed by atoms with Crippen molar-refractivity contribution in [1.82, 2.24) is 16.0 Å². The molecule has 3 atom stereocenters. The van der Waals surface area contributed by atoms with Gasteiger partial charge in [0.05, 0.1) is 12.1 Å². The molecule has 0 aromatic heterocycles. The molecule has 0 saturated heterocycles. The predicted molar refractivity (Wildman–Crippen MR) is 105 cm³/mol. The van der Waals surface area contributed by atoms with E-state index in [0.717, 1.165) is 0 Å². The van der Waals surface area contributed by atoms with E-state index in [1.807, 2.05) is 13.8 Å². The zero-order valence-electron chi connectivity index (χ0n) is 16.2. The molecule has 0 aliphatic rings. The van der Waals surface area contributed by atoms with Gasteiger partial charge in [-0.3, -0.25) is 9.59 Å². The van der Waals surface area contributed by atoms with Crippen LogP contribution < -0.4 is 16.0 Å². The first-order chi connectivity index (χ1) is 11.5. The summed E-state index contributed by atoms with van der Waals surface area (Å²) in [7, 11) is 1.72. The zero-order valence-corrected chi connectivity index (χ0v) is 17.1. The number of nitrogens with one attached hydrogen (secondary N) is 3. The fourth-order valence-electron chi connectivity index (χ4n) is 2.39. The molecule has 8 heteroatoms. The largest absolute Gasteiger partial charge is 0.381 e. The summed E-state index contributed by atoms with van der Waals surface area (Å²) in [4.78, 5) is 24.7. The van der Waals surface area contributed by atoms with Gasteiger partial charge in [-0.1, -0.05) is 20.8 Å². The number of aliphatic hydroxyl groups is 1. The van der Waals surface area contributed by atoms with Gasteiger partial charge >= 0.3 is 0 Å². The van der Waals surface area contributed by atoms with Gasteiger partial charge in [0, 0.05) is 12.3 Å². The second-order valence-corrected chi connectivity index (χ2v) is 7.94. The Balaban J connectivity index is 5.07. The highest BCUT2D eigenvalue weighted by molar-refractivity contribution is 7.78. The fraction of sp³-hybridized carbons (Fsp3) is 0.824. The molecule has 0 aliphatic heterocycles. The summed E-state index contributed by atoms with van der Waals surface area (Å²) in [6.07, 6.45) is 1.75. The molecule has 25 heavy (non-hydrogen) atoms. The topological polar surface area (TPSA) is 103 Å². The van der Waals surface area contributed by atoms with Crippen LogP contribution in [0, 0.1) is 5.41 Å². The van der Waals surface area contributed by atoms with Crippen molar-refractivity contribution in [1.29, 1.82) is 0 Å². The Kier molecular flexibility index (Phi) is 11.0. The van der Waals surface area contributed by atoms with E-state index in [-0.39, 0.29) is 17.4 Å². The van der Waals surface area contributed by atoms with E-state index in [9.17, 15) is 14.7 Å². The Morgan fingerprint density at radius 2 is 1.80 bits per heavy atom. The monoisotopic (exact) mass is 374 g/mol. The molecule has 0 saturated carbocycles. The van der Waals surface area contributed by atoms with E-state index in [2.05, 4.69) is 53.9 Å². The van der Waals surface area contributed by atoms with Crippen molar-refractivity contribution >= 4 is 30.8 Å². The molecule has 2 unspecified atom stereocenters. The maximum absolute atomic E-state index is 12.6. The quantitative estimate of drug-likeness (QED) is 0.292. The van der Waals surface area contributed by atoms with Crippen molar-refractivity contribution in [3.63, 3.8) is 0 Å². The maximum atomic E-state index is 12.6. The number of nitrogens with zero attached hydrogens (tertiary/aromatic N) is 1. The number of hydrogen-bond acceptors (Lipinski definition) is 6. The number of carbonyl (C=O) groups is 2. The lowest BCUT2D eigenvalue weighted by Crippen LogP contribution is -2.55. The van der Waals surface area contributed by atoms with Crippen LogP contribution in [0.4, 0.5) is 0 Å². The first-order valence-corrected chi connectivity index (χ1v) is 9.03. The zero-order chi connectivity index (χ0) is 19.6. The average Bonchev–Trinajstić information content (AvgIpc) is 2.49. The molecule has 0 bridgehead atoms. The van der Waals surface area contributed by atoms with Crippen LogP contribution in [0.3, 0.4) is 0 Å². The van der Waals surface area contributed by atoms with Crippen LogP contribution in [-0.2, 0) is 9.59 Å². The van der Waals surface area contributed by atoms with Crippen molar-refractivity contribution in [2.45, 2.75) is 78.1 Å². The van der Waals surface area contributed by atoms with Crippen LogP contribution in [0.1, 0.15) is 53.9 Å². The first-order valence-electron chi connectivity index (χ1n) is 8.63. The van der Waals surface area contributed by atoms with Crippen molar-refractivity contribution in [3.8, 4) is 0 Å². The summed E-state index contributed by atoms with van der Waals surface area (Å²) >= 11 is 3.76. The highest BCUT2D eigenvalue weighted by Crippen LogP contribution is 2.21. The summed E-state index contributed by atoms with van der Waals surface area (Å²) in [5.41, 5.74) is -0.0349. The molecule has 2 amide bonds. The molecular weight excluding hydrogens is 340 g/mol. The number of carbonyl (C=O) groups excluding carboxylic acids is 2. The highest BCUT2D eigenvalue weighted by Gasteiger charge is 2.30. The second kappa shape index (κ2) is 11.5. The predicted octanol–water partition coefficient (Wildman–Crippen LogP) is 1.08. The summed E-state index contributed by atoms with van der Waals surface area (Å²) in [6, 6.07) is -1.20. The van der Waals surface area contributed by atoms with Crippen LogP contribution >= 0.6 is 12.8 Å². The molecule has 7 nitrogen and oxygen atoms in total. The minimum absolute atomic E-state index is 0.0349. The normalized spacial score (nSPS) is 15.9. The molecule has 0 aliphatic carbocycles. The Morgan fingerprint density at radius 3 is 2.24 bits per heavy atom. The molecule has 4 N–H and O–H groups in total. The van der Waals surface area contributed by atoms with E-state index < -0.39 is 24.1 Å². The van der Waals surface area contributed by atoms with Crippen molar-refractivity contribution in [3.05, 3.63) is 0 Å². The Morgan fingerprint density at radius 1 is 1.20 bits per heavy atom. The summed E-state index contributed by atoms with van der Waals surface area (Å²) in [6.45, 7) is 9.78. The van der Waals surface area contributed by atoms with E-state index in [0.29, 0.717) is 19.3 Å². The SMILES string of the molecule is CN[C@@H](CC(C)(C)C)C(=O)NC(CC/C=N/S)C(O)C(=O)NC(C)C. The van der Waals surface area contributed by atoms with Crippen LogP contribution in [0.2, 0.25) is 0 Å². The van der Waals surface area contributed by atoms with Gasteiger partial charge in [0.2, 0.25) is 5.91 Å². The van der Waals surface area contributed by atoms with E-state index in [1.165, 1.54) is 0 Å². The first kappa shape index (κ1) is 23.9. The standard InChI is InChI=1S/C17H34N4O3S/c1-11(2)20-16(24)14(22)12(8-7-9-19-25)21-15(23)13(18-6)10-17(3,4)5/h9,11-14,18,22,25H,7-8,10H2,1-6H3,(H,20,24)(H,21,23)/b19-9+/t12?,13-,14?/m0/s1. The highest BCUT2D eigenvalue weighted by atomic mass is 32.1. The van der Waals surface area contributed by atoms with E-state index >= 15 is 0 Å². The van der Waals surface area contributed by atoms with Crippen molar-refractivity contribution in [2.24, 2.45) is 9.81 Å². The van der Waals surface area contributed by atoms with Gasteiger partial charge in [0.15, 0.2) is 6.10 Å². The van der Waals surface area contributed by atoms with Gasteiger partial charge in [-0.05, 0) is 58.4 Å². The van der Waals surface area contributed by atoms with Crippen LogP contribution in [0.15, 0.2) is 4.40 Å². The molecule has 0 aromatic carbocycles. The van der Waals surface area contributed by atoms with Gasteiger partial charge in [-0.2, -0.15) is 0 Å². The third-order valence-corrected chi connectivity index (χ3v) is 3.74. The van der Waals surface area contributed by atoms with Gasteiger partial charge in [-0.15, -0.1) is 0 Å². The van der Waals surface area contributed by atoms with E-state index in [1.54, 1.807) is 13.3 Å². The van der Waals surface area contributed by atoms with E-state index in [4.69, 9.17) is 0 Å². The lowest BCUT2D eigenvalue weighted by Gasteiger charge is -2.29. The molecule has 0 aromatic rings. The number of rotatable bonds is 10. The number of hydrogen-bond donors (Lipinski definition) is 5. The van der Waals surface area contributed by atoms with Crippen molar-refractivity contribution < 1.29 is 14.7 Å². The van der Waals surface area contributed by atoms with Crippen LogP contribution in [-0.4, -0.2) is 54.4 Å². The molecule has 146 valence electrons. The van der Waals surface area contributed by atoms with Gasteiger partial charge < -0.3 is 21.1 Å². The molecule has 0 heterocycles.